The minimum Gasteiger partial charge on any atom is -0.411 e. The molecule has 3 nitrogen and oxygen atoms in total. The Balaban J connectivity index is 2.89. The van der Waals surface area contributed by atoms with Crippen molar-refractivity contribution in [3.8, 4) is 0 Å². The Morgan fingerprint density at radius 2 is 2.00 bits per heavy atom. The van der Waals surface area contributed by atoms with Crippen LogP contribution in [0, 0.1) is 0 Å². The number of hydrogen-bond acceptors (Lipinski definition) is 3. The molecule has 0 saturated carbocycles. The smallest absolute Gasteiger partial charge is 0.411 e. The van der Waals surface area contributed by atoms with Crippen LogP contribution in [0.5, 0.6) is 0 Å². The van der Waals surface area contributed by atoms with Crippen LogP contribution in [0.25, 0.3) is 10.9 Å². The van der Waals surface area contributed by atoms with Gasteiger partial charge in [0.2, 0.25) is 0 Å². The highest BCUT2D eigenvalue weighted by molar-refractivity contribution is 5.80. The summed E-state index contributed by atoms with van der Waals surface area (Å²) in [6.45, 7) is 0. The molecule has 1 aromatic carbocycles. The molecule has 0 spiro atoms. The molecule has 2 aromatic rings. The van der Waals surface area contributed by atoms with Crippen molar-refractivity contribution in [2.75, 3.05) is 0 Å². The van der Waals surface area contributed by atoms with Gasteiger partial charge in [-0.1, -0.05) is 6.07 Å². The van der Waals surface area contributed by atoms with Crippen molar-refractivity contribution < 1.29 is 17.6 Å². The van der Waals surface area contributed by atoms with Gasteiger partial charge in [0.25, 0.3) is 0 Å². The molecular weight excluding hydrogens is 211 g/mol. The number of nitrogens with zero attached hydrogens (tertiary/aromatic N) is 1. The van der Waals surface area contributed by atoms with E-state index in [-0.39, 0.29) is 10.9 Å². The Bertz CT molecular complexity index is 559. The number of rotatable bonds is 0. The van der Waals surface area contributed by atoms with Gasteiger partial charge in [0.15, 0.2) is 6.39 Å². The Labute approximate surface area is 81.2 Å². The largest absolute Gasteiger partial charge is 0.418 e. The Hall–Kier alpha value is -1.85. The average Bonchev–Trinajstić information content (AvgIpc) is 2.16. The molecule has 0 N–H and O–H groups in total. The Morgan fingerprint density at radius 3 is 2.67 bits per heavy atom. The van der Waals surface area contributed by atoms with Gasteiger partial charge >= 0.3 is 11.8 Å². The van der Waals surface area contributed by atoms with Crippen LogP contribution in [-0.2, 0) is 6.18 Å². The minimum atomic E-state index is -4.53. The minimum absolute atomic E-state index is 0.174. The van der Waals surface area contributed by atoms with Crippen molar-refractivity contribution >= 4 is 10.9 Å². The fraction of sp³-hybridized carbons (Fsp3) is 0.111. The predicted molar refractivity (Wildman–Crippen MR) is 45.3 cm³/mol. The molecule has 1 aromatic heterocycles. The number of alkyl halides is 3. The van der Waals surface area contributed by atoms with Gasteiger partial charge in [-0.25, -0.2) is 9.78 Å². The number of aromatic nitrogens is 1. The van der Waals surface area contributed by atoms with Crippen LogP contribution in [0.2, 0.25) is 0 Å². The summed E-state index contributed by atoms with van der Waals surface area (Å²) in [5.74, 6) is 0. The number of hydrogen-bond donors (Lipinski definition) is 0. The van der Waals surface area contributed by atoms with Gasteiger partial charge in [-0.2, -0.15) is 13.2 Å². The molecule has 1 heterocycles. The predicted octanol–water partition coefficient (Wildman–Crippen LogP) is 2.21. The van der Waals surface area contributed by atoms with Crippen molar-refractivity contribution in [1.82, 2.24) is 4.98 Å². The summed E-state index contributed by atoms with van der Waals surface area (Å²) < 4.78 is 41.8. The molecule has 0 aliphatic heterocycles. The summed E-state index contributed by atoms with van der Waals surface area (Å²) in [5, 5.41) is -0.174. The first kappa shape index (κ1) is 9.70. The van der Waals surface area contributed by atoms with Gasteiger partial charge in [0.05, 0.1) is 16.5 Å². The summed E-state index contributed by atoms with van der Waals surface area (Å²) in [6.07, 6.45) is -3.82. The average molecular weight is 215 g/mol. The van der Waals surface area contributed by atoms with Crippen LogP contribution in [0.1, 0.15) is 5.56 Å². The third-order valence-electron chi connectivity index (χ3n) is 1.90. The number of halogens is 3. The van der Waals surface area contributed by atoms with Crippen LogP contribution < -0.4 is 5.63 Å². The molecule has 0 aliphatic carbocycles. The highest BCUT2D eigenvalue weighted by atomic mass is 19.4. The first-order valence-electron chi connectivity index (χ1n) is 3.94. The van der Waals surface area contributed by atoms with E-state index in [4.69, 9.17) is 0 Å². The molecule has 0 radical (unpaired) electrons. The van der Waals surface area contributed by atoms with E-state index < -0.39 is 17.4 Å². The number of para-hydroxylation sites is 1. The zero-order valence-electron chi connectivity index (χ0n) is 7.21. The van der Waals surface area contributed by atoms with Crippen molar-refractivity contribution in [1.29, 1.82) is 0 Å². The first-order chi connectivity index (χ1) is 7.00. The molecule has 0 amide bonds. The van der Waals surface area contributed by atoms with Crippen LogP contribution >= 0.6 is 0 Å². The van der Waals surface area contributed by atoms with Crippen LogP contribution in [0.15, 0.2) is 33.8 Å². The van der Waals surface area contributed by atoms with Gasteiger partial charge in [-0.15, -0.1) is 0 Å². The molecule has 0 unspecified atom stereocenters. The molecule has 78 valence electrons. The van der Waals surface area contributed by atoms with E-state index in [2.05, 4.69) is 9.40 Å². The maximum atomic E-state index is 12.5. The van der Waals surface area contributed by atoms with Crippen LogP contribution in [0.4, 0.5) is 13.2 Å². The first-order valence-corrected chi connectivity index (χ1v) is 3.94. The second-order valence-corrected chi connectivity index (χ2v) is 2.84. The molecule has 15 heavy (non-hydrogen) atoms. The van der Waals surface area contributed by atoms with Gasteiger partial charge in [-0.05, 0) is 12.1 Å². The third-order valence-corrected chi connectivity index (χ3v) is 1.90. The van der Waals surface area contributed by atoms with Gasteiger partial charge in [0.1, 0.15) is 0 Å². The molecule has 6 heteroatoms. The van der Waals surface area contributed by atoms with E-state index >= 15 is 0 Å². The maximum absolute atomic E-state index is 12.5. The van der Waals surface area contributed by atoms with Crippen molar-refractivity contribution in [2.24, 2.45) is 0 Å². The van der Waals surface area contributed by atoms with E-state index in [1.54, 1.807) is 0 Å². The van der Waals surface area contributed by atoms with Gasteiger partial charge in [-0.3, -0.25) is 0 Å². The highest BCUT2D eigenvalue weighted by Gasteiger charge is 2.33. The van der Waals surface area contributed by atoms with E-state index in [9.17, 15) is 18.0 Å². The quantitative estimate of drug-likeness (QED) is 0.676. The van der Waals surface area contributed by atoms with Crippen molar-refractivity contribution in [3.63, 3.8) is 0 Å². The molecule has 0 fully saturated rings. The van der Waals surface area contributed by atoms with E-state index in [0.717, 1.165) is 12.1 Å². The standard InChI is InChI=1S/C9H4F3NO2/c10-9(11,12)6-3-1-2-5-7(6)13-4-15-8(5)14/h1-4H. The zero-order chi connectivity index (χ0) is 11.1. The number of benzene rings is 1. The SMILES string of the molecule is O=c1ocnc2c(C(F)(F)F)cccc12. The summed E-state index contributed by atoms with van der Waals surface area (Å²) >= 11 is 0. The fourth-order valence-electron chi connectivity index (χ4n) is 1.27. The van der Waals surface area contributed by atoms with Crippen LogP contribution in [-0.4, -0.2) is 4.98 Å². The zero-order valence-corrected chi connectivity index (χ0v) is 7.21. The second kappa shape index (κ2) is 3.08. The number of fused-ring (bicyclic) bond motifs is 1. The summed E-state index contributed by atoms with van der Waals surface area (Å²) in [6, 6.07) is 3.25. The molecule has 2 rings (SSSR count). The lowest BCUT2D eigenvalue weighted by Gasteiger charge is -2.07. The Kier molecular flexibility index (Phi) is 1.99. The van der Waals surface area contributed by atoms with Crippen LogP contribution in [0.3, 0.4) is 0 Å². The molecular formula is C9H4F3NO2. The lowest BCUT2D eigenvalue weighted by molar-refractivity contribution is -0.136. The normalized spacial score (nSPS) is 11.9. The second-order valence-electron chi connectivity index (χ2n) is 2.84. The van der Waals surface area contributed by atoms with E-state index in [1.807, 2.05) is 0 Å². The highest BCUT2D eigenvalue weighted by Crippen LogP contribution is 2.32. The Morgan fingerprint density at radius 1 is 1.27 bits per heavy atom. The van der Waals surface area contributed by atoms with Crippen molar-refractivity contribution in [3.05, 3.63) is 40.6 Å². The monoisotopic (exact) mass is 215 g/mol. The van der Waals surface area contributed by atoms with E-state index in [0.29, 0.717) is 6.39 Å². The fourth-order valence-corrected chi connectivity index (χ4v) is 1.27. The molecule has 0 atom stereocenters. The lowest BCUT2D eigenvalue weighted by atomic mass is 10.1. The van der Waals surface area contributed by atoms with Crippen molar-refractivity contribution in [2.45, 2.75) is 6.18 Å². The van der Waals surface area contributed by atoms with Gasteiger partial charge in [0, 0.05) is 0 Å². The van der Waals surface area contributed by atoms with E-state index in [1.165, 1.54) is 6.07 Å². The molecule has 0 aliphatic rings. The third kappa shape index (κ3) is 1.58. The summed E-state index contributed by atoms with van der Waals surface area (Å²) in [4.78, 5) is 14.5. The molecule has 0 bridgehead atoms. The summed E-state index contributed by atoms with van der Waals surface area (Å²) in [5.41, 5.74) is -2.15. The summed E-state index contributed by atoms with van der Waals surface area (Å²) in [7, 11) is 0. The lowest BCUT2D eigenvalue weighted by Crippen LogP contribution is -2.09. The molecule has 0 saturated heterocycles. The van der Waals surface area contributed by atoms with Gasteiger partial charge < -0.3 is 4.42 Å². The topological polar surface area (TPSA) is 43.1 Å². The maximum Gasteiger partial charge on any atom is 0.418 e.